The first-order chi connectivity index (χ1) is 11.0. The zero-order valence-corrected chi connectivity index (χ0v) is 14.3. The van der Waals surface area contributed by atoms with E-state index >= 15 is 0 Å². The Morgan fingerprint density at radius 2 is 1.91 bits per heavy atom. The van der Waals surface area contributed by atoms with Crippen molar-refractivity contribution < 1.29 is 9.18 Å². The number of amides is 1. The Balaban J connectivity index is 1.95. The van der Waals surface area contributed by atoms with Gasteiger partial charge in [-0.05, 0) is 60.9 Å². The third-order valence-corrected chi connectivity index (χ3v) is 4.99. The van der Waals surface area contributed by atoms with Crippen molar-refractivity contribution in [3.05, 3.63) is 69.9 Å². The number of halogens is 1. The summed E-state index contributed by atoms with van der Waals surface area (Å²) in [5.41, 5.74) is 3.67. The number of thiocarbonyl (C=S) groups is 1. The van der Waals surface area contributed by atoms with Gasteiger partial charge >= 0.3 is 0 Å². The van der Waals surface area contributed by atoms with Crippen LogP contribution in [0.25, 0.3) is 6.08 Å². The van der Waals surface area contributed by atoms with Crippen molar-refractivity contribution in [1.82, 2.24) is 0 Å². The second-order valence-corrected chi connectivity index (χ2v) is 7.02. The van der Waals surface area contributed by atoms with Gasteiger partial charge in [-0.15, -0.1) is 0 Å². The number of rotatable bonds is 2. The molecule has 1 saturated heterocycles. The standard InChI is InChI=1S/C18H14FNOS2/c1-11-6-7-15(8-12(11)2)20-17(21)16(23-18(20)22)10-13-4-3-5-14(19)9-13/h3-10H,1-2H3. The van der Waals surface area contributed by atoms with Crippen molar-refractivity contribution in [2.45, 2.75) is 13.8 Å². The van der Waals surface area contributed by atoms with Gasteiger partial charge in [0.15, 0.2) is 4.32 Å². The number of carbonyl (C=O) groups excluding carboxylic acids is 1. The number of hydrogen-bond donors (Lipinski definition) is 0. The normalized spacial score (nSPS) is 16.5. The average Bonchev–Trinajstić information content (AvgIpc) is 2.77. The van der Waals surface area contributed by atoms with E-state index < -0.39 is 0 Å². The number of benzene rings is 2. The molecule has 0 radical (unpaired) electrons. The molecular weight excluding hydrogens is 329 g/mol. The molecule has 1 heterocycles. The van der Waals surface area contributed by atoms with Crippen molar-refractivity contribution in [3.63, 3.8) is 0 Å². The summed E-state index contributed by atoms with van der Waals surface area (Å²) in [6.07, 6.45) is 1.67. The quantitative estimate of drug-likeness (QED) is 0.574. The summed E-state index contributed by atoms with van der Waals surface area (Å²) >= 11 is 6.58. The van der Waals surface area contributed by atoms with Crippen LogP contribution in [0.5, 0.6) is 0 Å². The fraction of sp³-hybridized carbons (Fsp3) is 0.111. The molecule has 0 atom stereocenters. The zero-order chi connectivity index (χ0) is 16.6. The van der Waals surface area contributed by atoms with Crippen molar-refractivity contribution in [3.8, 4) is 0 Å². The smallest absolute Gasteiger partial charge is 0.268 e. The lowest BCUT2D eigenvalue weighted by Crippen LogP contribution is -2.27. The van der Waals surface area contributed by atoms with E-state index in [4.69, 9.17) is 12.2 Å². The van der Waals surface area contributed by atoms with Crippen LogP contribution in [0.1, 0.15) is 16.7 Å². The molecule has 0 spiro atoms. The number of anilines is 1. The van der Waals surface area contributed by atoms with E-state index in [0.29, 0.717) is 14.8 Å². The maximum absolute atomic E-state index is 13.3. The summed E-state index contributed by atoms with van der Waals surface area (Å²) in [5.74, 6) is -0.504. The lowest BCUT2D eigenvalue weighted by Gasteiger charge is -2.15. The largest absolute Gasteiger partial charge is 0.270 e. The molecule has 0 N–H and O–H groups in total. The van der Waals surface area contributed by atoms with Crippen LogP contribution >= 0.6 is 24.0 Å². The van der Waals surface area contributed by atoms with E-state index in [9.17, 15) is 9.18 Å². The van der Waals surface area contributed by atoms with Crippen molar-refractivity contribution >= 4 is 46.0 Å². The first-order valence-electron chi connectivity index (χ1n) is 7.06. The third-order valence-electron chi connectivity index (χ3n) is 3.69. The predicted octanol–water partition coefficient (Wildman–Crippen LogP) is 4.85. The minimum atomic E-state index is -0.330. The van der Waals surface area contributed by atoms with E-state index in [-0.39, 0.29) is 11.7 Å². The third kappa shape index (κ3) is 3.21. The second kappa shape index (κ2) is 6.26. The zero-order valence-electron chi connectivity index (χ0n) is 12.7. The van der Waals surface area contributed by atoms with Crippen LogP contribution in [0.15, 0.2) is 47.4 Å². The molecule has 2 nitrogen and oxygen atoms in total. The van der Waals surface area contributed by atoms with Gasteiger partial charge in [-0.2, -0.15) is 0 Å². The Bertz CT molecular complexity index is 845. The van der Waals surface area contributed by atoms with E-state index in [1.54, 1.807) is 18.2 Å². The molecule has 0 bridgehead atoms. The summed E-state index contributed by atoms with van der Waals surface area (Å²) in [6.45, 7) is 4.02. The molecule has 5 heteroatoms. The summed E-state index contributed by atoms with van der Waals surface area (Å²) in [7, 11) is 0. The average molecular weight is 343 g/mol. The van der Waals surface area contributed by atoms with Crippen LogP contribution in [0.2, 0.25) is 0 Å². The number of carbonyl (C=O) groups is 1. The van der Waals surface area contributed by atoms with Crippen LogP contribution in [-0.2, 0) is 4.79 Å². The van der Waals surface area contributed by atoms with Gasteiger partial charge in [0.2, 0.25) is 0 Å². The Kier molecular flexibility index (Phi) is 4.33. The molecule has 23 heavy (non-hydrogen) atoms. The monoisotopic (exact) mass is 343 g/mol. The molecule has 0 aromatic heterocycles. The first kappa shape index (κ1) is 15.9. The van der Waals surface area contributed by atoms with Gasteiger partial charge in [0.1, 0.15) is 5.82 Å². The first-order valence-corrected chi connectivity index (χ1v) is 8.29. The Labute approximate surface area is 144 Å². The Morgan fingerprint density at radius 3 is 2.61 bits per heavy atom. The van der Waals surface area contributed by atoms with Gasteiger partial charge in [-0.25, -0.2) is 4.39 Å². The fourth-order valence-corrected chi connectivity index (χ4v) is 3.60. The Morgan fingerprint density at radius 1 is 1.13 bits per heavy atom. The summed E-state index contributed by atoms with van der Waals surface area (Å²) in [4.78, 5) is 14.7. The summed E-state index contributed by atoms with van der Waals surface area (Å²) in [6, 6.07) is 11.9. The molecule has 3 rings (SSSR count). The van der Waals surface area contributed by atoms with Crippen molar-refractivity contribution in [1.29, 1.82) is 0 Å². The van der Waals surface area contributed by atoms with Gasteiger partial charge in [-0.1, -0.05) is 42.2 Å². The number of hydrogen-bond acceptors (Lipinski definition) is 3. The highest BCUT2D eigenvalue weighted by Gasteiger charge is 2.33. The highest BCUT2D eigenvalue weighted by Crippen LogP contribution is 2.36. The SMILES string of the molecule is Cc1ccc(N2C(=O)C(=Cc3cccc(F)c3)SC2=S)cc1C. The van der Waals surface area contributed by atoms with Gasteiger partial charge in [0, 0.05) is 0 Å². The maximum atomic E-state index is 13.3. The Hall–Kier alpha value is -1.98. The number of nitrogens with zero attached hydrogens (tertiary/aromatic N) is 1. The number of aryl methyl sites for hydroxylation is 2. The molecule has 0 saturated carbocycles. The van der Waals surface area contributed by atoms with Crippen LogP contribution in [-0.4, -0.2) is 10.2 Å². The summed E-state index contributed by atoms with van der Waals surface area (Å²) < 4.78 is 13.8. The fourth-order valence-electron chi connectivity index (χ4n) is 2.30. The highest BCUT2D eigenvalue weighted by molar-refractivity contribution is 8.27. The van der Waals surface area contributed by atoms with Gasteiger partial charge in [0.25, 0.3) is 5.91 Å². The molecule has 2 aromatic carbocycles. The lowest BCUT2D eigenvalue weighted by molar-refractivity contribution is -0.113. The van der Waals surface area contributed by atoms with Crippen molar-refractivity contribution in [2.24, 2.45) is 0 Å². The van der Waals surface area contributed by atoms with Gasteiger partial charge in [-0.3, -0.25) is 9.69 Å². The van der Waals surface area contributed by atoms with Crippen LogP contribution < -0.4 is 4.90 Å². The second-order valence-electron chi connectivity index (χ2n) is 5.34. The minimum Gasteiger partial charge on any atom is -0.268 e. The van der Waals surface area contributed by atoms with Gasteiger partial charge < -0.3 is 0 Å². The van der Waals surface area contributed by atoms with Crippen LogP contribution in [0.4, 0.5) is 10.1 Å². The molecule has 1 fully saturated rings. The topological polar surface area (TPSA) is 20.3 Å². The van der Waals surface area contributed by atoms with E-state index in [1.165, 1.54) is 28.8 Å². The van der Waals surface area contributed by atoms with E-state index in [2.05, 4.69) is 0 Å². The molecule has 1 aliphatic rings. The van der Waals surface area contributed by atoms with E-state index in [1.807, 2.05) is 32.0 Å². The van der Waals surface area contributed by atoms with Crippen LogP contribution in [0, 0.1) is 19.7 Å². The molecule has 2 aromatic rings. The van der Waals surface area contributed by atoms with Crippen molar-refractivity contribution in [2.75, 3.05) is 4.90 Å². The maximum Gasteiger partial charge on any atom is 0.270 e. The van der Waals surface area contributed by atoms with E-state index in [0.717, 1.165) is 16.8 Å². The molecule has 1 amide bonds. The summed E-state index contributed by atoms with van der Waals surface area (Å²) in [5, 5.41) is 0. The highest BCUT2D eigenvalue weighted by atomic mass is 32.2. The predicted molar refractivity (Wildman–Crippen MR) is 98.0 cm³/mol. The minimum absolute atomic E-state index is 0.174. The molecule has 0 unspecified atom stereocenters. The molecule has 1 aliphatic heterocycles. The molecule has 116 valence electrons. The van der Waals surface area contributed by atoms with Gasteiger partial charge in [0.05, 0.1) is 10.6 Å². The molecular formula is C18H14FNOS2. The lowest BCUT2D eigenvalue weighted by atomic mass is 10.1. The van der Waals surface area contributed by atoms with Crippen LogP contribution in [0.3, 0.4) is 0 Å². The molecule has 0 aliphatic carbocycles. The number of thioether (sulfide) groups is 1.